The number of urea groups is 3. The van der Waals surface area contributed by atoms with E-state index >= 15 is 0 Å². The van der Waals surface area contributed by atoms with Gasteiger partial charge in [0.05, 0.1) is 7.11 Å². The third-order valence-corrected chi connectivity index (χ3v) is 15.3. The number of esters is 1. The Kier molecular flexibility index (Phi) is 27.9. The monoisotopic (exact) mass is 1270 g/mol. The van der Waals surface area contributed by atoms with Gasteiger partial charge < -0.3 is 75.1 Å². The van der Waals surface area contributed by atoms with Crippen LogP contribution < -0.4 is 21.7 Å². The third-order valence-electron chi connectivity index (χ3n) is 15.3. The first-order chi connectivity index (χ1) is 41.8. The van der Waals surface area contributed by atoms with Gasteiger partial charge >= 0.3 is 36.2 Å². The zero-order chi connectivity index (χ0) is 64.1. The van der Waals surface area contributed by atoms with Gasteiger partial charge in [-0.3, -0.25) is 9.59 Å². The lowest BCUT2D eigenvalue weighted by Crippen LogP contribution is -2.56. The van der Waals surface area contributed by atoms with Crippen LogP contribution in [0.4, 0.5) is 37.1 Å². The van der Waals surface area contributed by atoms with Crippen LogP contribution in [0.2, 0.25) is 0 Å². The zero-order valence-corrected chi connectivity index (χ0v) is 53.1. The van der Waals surface area contributed by atoms with Crippen molar-refractivity contribution in [2.75, 3.05) is 105 Å². The number of amides is 10. The van der Waals surface area contributed by atoms with Crippen LogP contribution in [0.5, 0.6) is 0 Å². The maximum Gasteiger partial charge on any atom is 0.410 e. The van der Waals surface area contributed by atoms with Crippen molar-refractivity contribution in [3.05, 3.63) is 107 Å². The molecule has 3 atom stereocenters. The normalized spacial score (nSPS) is 19.2. The number of rotatable bonds is 8. The number of carbonyl (C=O) groups excluding carboxylic acids is 8. The Labute approximate surface area is 526 Å². The Morgan fingerprint density at radius 2 is 0.775 bits per heavy atom. The van der Waals surface area contributed by atoms with Crippen molar-refractivity contribution in [3.63, 3.8) is 0 Å². The summed E-state index contributed by atoms with van der Waals surface area (Å²) in [4.78, 5) is 113. The van der Waals surface area contributed by atoms with Gasteiger partial charge in [-0.05, 0) is 133 Å². The summed E-state index contributed by atoms with van der Waals surface area (Å²) in [6.45, 7) is 20.0. The molecule has 0 bridgehead atoms. The molecule has 10 amide bonds. The molecule has 6 aliphatic heterocycles. The molecule has 3 aromatic rings. The number of hydrogen-bond donors (Lipinski definition) is 4. The molecule has 492 valence electrons. The number of nitrogens with one attached hydrogen (secondary N) is 3. The smallest absolute Gasteiger partial charge is 0.410 e. The van der Waals surface area contributed by atoms with Gasteiger partial charge in [0, 0.05) is 118 Å². The van der Waals surface area contributed by atoms with E-state index in [4.69, 9.17) is 19.9 Å². The van der Waals surface area contributed by atoms with Crippen molar-refractivity contribution in [2.24, 2.45) is 5.73 Å². The molecule has 0 aromatic heterocycles. The number of halogens is 4. The molecule has 9 rings (SSSR count). The molecule has 3 unspecified atom stereocenters. The summed E-state index contributed by atoms with van der Waals surface area (Å²) in [6.07, 6.45) is 3.60. The second-order valence-electron chi connectivity index (χ2n) is 24.1. The first-order valence-electron chi connectivity index (χ1n) is 30.2. The summed E-state index contributed by atoms with van der Waals surface area (Å²) in [5.74, 6) is -1.55. The lowest BCUT2D eigenvalue weighted by Gasteiger charge is -2.38. The summed E-state index contributed by atoms with van der Waals surface area (Å²) in [6, 6.07) is 16.3. The van der Waals surface area contributed by atoms with Gasteiger partial charge in [-0.25, -0.2) is 41.9 Å². The summed E-state index contributed by atoms with van der Waals surface area (Å²) >= 11 is 0. The summed E-state index contributed by atoms with van der Waals surface area (Å²) in [7, 11) is 1.34. The number of ether oxygens (including phenoxy) is 3. The van der Waals surface area contributed by atoms with Gasteiger partial charge in [0.2, 0.25) is 11.8 Å². The molecule has 0 aliphatic carbocycles. The van der Waals surface area contributed by atoms with Crippen molar-refractivity contribution < 1.29 is 65.7 Å². The second kappa shape index (κ2) is 34.4. The van der Waals surface area contributed by atoms with E-state index in [1.165, 1.54) is 43.5 Å². The Morgan fingerprint density at radius 3 is 1.10 bits per heavy atom. The van der Waals surface area contributed by atoms with Crippen LogP contribution in [-0.2, 0) is 48.2 Å². The molecule has 6 fully saturated rings. The highest BCUT2D eigenvalue weighted by Gasteiger charge is 2.41. The minimum Gasteiger partial charge on any atom is -0.467 e. The average molecular weight is 1270 g/mol. The molecule has 3 aromatic carbocycles. The minimum atomic E-state index is -0.561. The predicted molar refractivity (Wildman–Crippen MR) is 329 cm³/mol. The molecular weight excluding hydrogens is 1180 g/mol. The number of nitrogens with two attached hydrogens (primary N) is 1. The van der Waals surface area contributed by atoms with Crippen molar-refractivity contribution >= 4 is 60.5 Å². The van der Waals surface area contributed by atoms with Gasteiger partial charge in [0.25, 0.3) is 0 Å². The highest BCUT2D eigenvalue weighted by molar-refractivity contribution is 5.89. The number of benzene rings is 3. The molecule has 6 aliphatic rings. The number of piperazine rings is 3. The maximum absolute atomic E-state index is 13.0. The maximum atomic E-state index is 13.0. The van der Waals surface area contributed by atoms with Crippen LogP contribution in [0.15, 0.2) is 72.8 Å². The summed E-state index contributed by atoms with van der Waals surface area (Å²) in [5, 5.41) is 8.93. The largest absolute Gasteiger partial charge is 0.467 e. The minimum absolute atomic E-state index is 0. The highest BCUT2D eigenvalue weighted by atomic mass is 35.5. The fourth-order valence-electron chi connectivity index (χ4n) is 10.6. The molecule has 0 saturated carbocycles. The van der Waals surface area contributed by atoms with Gasteiger partial charge in [0.15, 0.2) is 0 Å². The lowest BCUT2D eigenvalue weighted by molar-refractivity contribution is -0.145. The third kappa shape index (κ3) is 22.5. The van der Waals surface area contributed by atoms with Gasteiger partial charge in [-0.1, -0.05) is 36.4 Å². The number of likely N-dealkylation sites (tertiary alicyclic amines) is 3. The van der Waals surface area contributed by atoms with Crippen molar-refractivity contribution in [2.45, 2.75) is 129 Å². The van der Waals surface area contributed by atoms with E-state index in [2.05, 4.69) is 16.0 Å². The Bertz CT molecular complexity index is 2790. The van der Waals surface area contributed by atoms with Crippen molar-refractivity contribution in [1.82, 2.24) is 55.1 Å². The van der Waals surface area contributed by atoms with E-state index < -0.39 is 29.3 Å². The lowest BCUT2D eigenvalue weighted by atomic mass is 10.2. The van der Waals surface area contributed by atoms with E-state index in [1.807, 2.05) is 46.4 Å². The average Bonchev–Trinajstić information content (AvgIpc) is 2.34. The van der Waals surface area contributed by atoms with Gasteiger partial charge in [0.1, 0.15) is 46.8 Å². The van der Waals surface area contributed by atoms with Gasteiger partial charge in [-0.2, -0.15) is 0 Å². The SMILES string of the molecule is CC(C)(C)OC(=O)N1CCN(C(=O)N2CCCC2C(=O)NCc2ccc(F)cc2)CC1.COC(=O)C1CCCN1C(=O)N1CCN(C(=O)OC(C)(C)C)CC1.Cl.NCc1ccc(F)cc1.O=C(NCc1ccc(F)cc1)C1CCCN1C(=O)N1CCNCC1. The van der Waals surface area contributed by atoms with Crippen LogP contribution in [0.3, 0.4) is 0 Å². The summed E-state index contributed by atoms with van der Waals surface area (Å²) in [5.41, 5.74) is 6.77. The van der Waals surface area contributed by atoms with E-state index in [-0.39, 0.29) is 84.5 Å². The van der Waals surface area contributed by atoms with Crippen molar-refractivity contribution in [1.29, 1.82) is 0 Å². The fourth-order valence-corrected chi connectivity index (χ4v) is 10.6. The molecule has 6 saturated heterocycles. The van der Waals surface area contributed by atoms with Crippen LogP contribution >= 0.6 is 12.4 Å². The van der Waals surface area contributed by atoms with Crippen LogP contribution in [0, 0.1) is 17.5 Å². The molecule has 27 heteroatoms. The van der Waals surface area contributed by atoms with Crippen LogP contribution in [0.25, 0.3) is 0 Å². The van der Waals surface area contributed by atoms with E-state index in [9.17, 15) is 51.5 Å². The van der Waals surface area contributed by atoms with Crippen LogP contribution in [0.1, 0.15) is 96.8 Å². The highest BCUT2D eigenvalue weighted by Crippen LogP contribution is 2.24. The first kappa shape index (κ1) is 72.2. The molecule has 5 N–H and O–H groups in total. The van der Waals surface area contributed by atoms with E-state index in [1.54, 1.807) is 70.7 Å². The number of carbonyl (C=O) groups is 8. The van der Waals surface area contributed by atoms with Crippen molar-refractivity contribution in [3.8, 4) is 0 Å². The number of methoxy groups -OCH3 is 1. The molecule has 89 heavy (non-hydrogen) atoms. The first-order valence-corrected chi connectivity index (χ1v) is 30.2. The molecule has 23 nitrogen and oxygen atoms in total. The summed E-state index contributed by atoms with van der Waals surface area (Å²) < 4.78 is 53.6. The standard InChI is InChI=1S/C22H31FN4O4.C17H23FN4O2.C16H27N3O5.C7H8FN.ClH/c1-22(2,3)31-21(30)26-13-11-25(12-14-26)20(29)27-10-4-5-18(27)19(28)24-15-16-6-8-17(23)9-7-16;18-14-5-3-13(4-6-14)12-20-16(23)15-2-1-9-22(15)17(24)21-10-7-19-8-11-21;1-16(2,3)24-15(22)18-10-8-17(9-11-18)14(21)19-7-5-6-12(19)13(20)23-4;8-7-3-1-6(5-9)2-4-7;/h6-9,18H,4-5,10-15H2,1-3H3,(H,24,28);3-6,15,19H,1-2,7-12H2,(H,20,23);12H,5-11H2,1-4H3;1-4H,5,9H2;1H. The Hall–Kier alpha value is -7.58. The topological polar surface area (TPSA) is 252 Å². The number of nitrogens with zero attached hydrogens (tertiary/aromatic N) is 8. The predicted octanol–water partition coefficient (Wildman–Crippen LogP) is 6.51. The molecule has 6 heterocycles. The molecule has 0 radical (unpaired) electrons. The Morgan fingerprint density at radius 1 is 0.472 bits per heavy atom. The van der Waals surface area contributed by atoms with Crippen LogP contribution in [-0.4, -0.2) is 222 Å². The fraction of sp³-hybridized carbons (Fsp3) is 0.581. The Balaban J connectivity index is 0.000000227. The molecule has 0 spiro atoms. The number of hydrogen-bond acceptors (Lipinski definition) is 13. The quantitative estimate of drug-likeness (QED) is 0.139. The second-order valence-corrected chi connectivity index (χ2v) is 24.1. The van der Waals surface area contributed by atoms with Gasteiger partial charge in [-0.15, -0.1) is 12.4 Å². The molecular formula is C62H90ClF3N12O11. The van der Waals surface area contributed by atoms with E-state index in [0.717, 1.165) is 49.0 Å². The zero-order valence-electron chi connectivity index (χ0n) is 52.3. The van der Waals surface area contributed by atoms with E-state index in [0.29, 0.717) is 117 Å².